The maximum Gasteiger partial charge on any atom is 0.159 e. The van der Waals surface area contributed by atoms with Crippen LogP contribution >= 0.6 is 0 Å². The molecule has 17 rings (SSSR count). The summed E-state index contributed by atoms with van der Waals surface area (Å²) in [6, 6.07) is 71.5. The molecule has 0 amide bonds. The Labute approximate surface area is 424 Å². The predicted octanol–water partition coefficient (Wildman–Crippen LogP) is 18.4. The van der Waals surface area contributed by atoms with Gasteiger partial charge in [0.25, 0.3) is 0 Å². The van der Waals surface area contributed by atoms with Crippen molar-refractivity contribution in [1.82, 2.24) is 8.80 Å². The van der Waals surface area contributed by atoms with E-state index in [4.69, 9.17) is 9.15 Å². The Hall–Kier alpha value is -9.52. The second-order valence-corrected chi connectivity index (χ2v) is 20.5. The average Bonchev–Trinajstić information content (AvgIpc) is 4.31. The molecule has 0 bridgehead atoms. The van der Waals surface area contributed by atoms with E-state index in [1.165, 1.54) is 92.9 Å². The van der Waals surface area contributed by atoms with Gasteiger partial charge in [-0.2, -0.15) is 0 Å². The van der Waals surface area contributed by atoms with Gasteiger partial charge in [-0.3, -0.25) is 0 Å². The molecule has 74 heavy (non-hydrogen) atoms. The highest BCUT2D eigenvalue weighted by molar-refractivity contribution is 6.32. The van der Waals surface area contributed by atoms with Crippen molar-refractivity contribution in [2.45, 2.75) is 25.9 Å². The Morgan fingerprint density at radius 3 is 1.59 bits per heavy atom. The highest BCUT2D eigenvalue weighted by Gasteiger charge is 2.36. The number of hydrogen-bond donors (Lipinski definition) is 0. The van der Waals surface area contributed by atoms with Gasteiger partial charge in [-0.1, -0.05) is 133 Å². The van der Waals surface area contributed by atoms with Crippen molar-refractivity contribution < 1.29 is 9.15 Å². The van der Waals surface area contributed by atoms with E-state index in [1.807, 2.05) is 6.07 Å². The van der Waals surface area contributed by atoms with Crippen molar-refractivity contribution in [3.63, 3.8) is 0 Å². The van der Waals surface area contributed by atoms with Crippen molar-refractivity contribution in [1.29, 1.82) is 0 Å². The van der Waals surface area contributed by atoms with E-state index in [0.29, 0.717) is 0 Å². The molecule has 5 aromatic heterocycles. The van der Waals surface area contributed by atoms with Crippen LogP contribution in [0.3, 0.4) is 0 Å². The molecule has 0 radical (unpaired) electrons. The zero-order valence-electron chi connectivity index (χ0n) is 40.5. The van der Waals surface area contributed by atoms with Crippen LogP contribution in [-0.2, 0) is 0 Å². The van der Waals surface area contributed by atoms with Gasteiger partial charge in [-0.05, 0) is 110 Å². The van der Waals surface area contributed by atoms with Gasteiger partial charge < -0.3 is 27.8 Å². The molecule has 0 saturated carbocycles. The van der Waals surface area contributed by atoms with Crippen molar-refractivity contribution in [3.05, 3.63) is 235 Å². The minimum Gasteiger partial charge on any atom is -0.483 e. The Bertz CT molecular complexity index is 4950. The van der Waals surface area contributed by atoms with E-state index in [-0.39, 0.29) is 12.0 Å². The largest absolute Gasteiger partial charge is 0.483 e. The lowest BCUT2D eigenvalue weighted by Gasteiger charge is -2.28. The number of ether oxygens (including phenoxy) is 1. The summed E-state index contributed by atoms with van der Waals surface area (Å²) in [7, 11) is 0. The van der Waals surface area contributed by atoms with Crippen molar-refractivity contribution in [2.24, 2.45) is 0 Å². The summed E-state index contributed by atoms with van der Waals surface area (Å²) in [6.07, 6.45) is 8.69. The first-order valence-electron chi connectivity index (χ1n) is 25.7. The minimum atomic E-state index is -0.0293. The summed E-state index contributed by atoms with van der Waals surface area (Å²) in [5, 5.41) is 12.0. The highest BCUT2D eigenvalue weighted by Crippen LogP contribution is 2.55. The summed E-state index contributed by atoms with van der Waals surface area (Å²) >= 11 is 0. The standard InChI is InChI=1S/C68H44N4O2/c1-39-15-11-17-41(35-39)69(57-27-13-23-47-43-19-5-9-29-61(43)73-67(47)57)55-33-31-45-51-37-60-52(38-59(51)71-53-25-7-3-21-49(53)63(55)65(45)71)46-32-34-56(64-50-22-4-8-26-54(50)72(60)66(46)64)70(42-18-12-16-40(2)36-42)58-28-14-24-48-44-20-6-10-30-62(44)74-68(48)58/h3-38,43,61H,1-2H3. The summed E-state index contributed by atoms with van der Waals surface area (Å²) in [4.78, 5) is 4.87. The lowest BCUT2D eigenvalue weighted by molar-refractivity contribution is 0.269. The molecule has 0 spiro atoms. The quantitative estimate of drug-likeness (QED) is 0.166. The number of fused-ring (bicyclic) bond motifs is 18. The minimum absolute atomic E-state index is 0.0293. The van der Waals surface area contributed by atoms with E-state index < -0.39 is 0 Å². The van der Waals surface area contributed by atoms with Gasteiger partial charge in [0.05, 0.1) is 55.8 Å². The van der Waals surface area contributed by atoms with Gasteiger partial charge >= 0.3 is 0 Å². The Morgan fingerprint density at radius 2 is 0.946 bits per heavy atom. The van der Waals surface area contributed by atoms with Gasteiger partial charge in [0.1, 0.15) is 17.4 Å². The molecule has 1 aliphatic carbocycles. The van der Waals surface area contributed by atoms with Gasteiger partial charge in [-0.15, -0.1) is 0 Å². The van der Waals surface area contributed by atoms with E-state index in [1.54, 1.807) is 0 Å². The zero-order valence-corrected chi connectivity index (χ0v) is 40.5. The second-order valence-electron chi connectivity index (χ2n) is 20.5. The topological polar surface area (TPSA) is 37.7 Å². The number of para-hydroxylation sites is 5. The number of aromatic nitrogens is 2. The molecule has 6 nitrogen and oxygen atoms in total. The van der Waals surface area contributed by atoms with E-state index in [0.717, 1.165) is 61.8 Å². The van der Waals surface area contributed by atoms with E-state index in [9.17, 15) is 0 Å². The number of hydrogen-bond acceptors (Lipinski definition) is 4. The molecule has 6 heterocycles. The van der Waals surface area contributed by atoms with Crippen LogP contribution in [0.5, 0.6) is 5.75 Å². The Balaban J connectivity index is 0.939. The molecule has 1 aliphatic heterocycles. The first kappa shape index (κ1) is 40.1. The van der Waals surface area contributed by atoms with Crippen LogP contribution in [0.4, 0.5) is 34.1 Å². The summed E-state index contributed by atoms with van der Waals surface area (Å²) in [6.45, 7) is 4.35. The van der Waals surface area contributed by atoms with Gasteiger partial charge in [0.2, 0.25) is 0 Å². The lowest BCUT2D eigenvalue weighted by Crippen LogP contribution is -2.16. The van der Waals surface area contributed by atoms with Crippen LogP contribution in [0.15, 0.2) is 223 Å². The number of rotatable bonds is 6. The average molecular weight is 949 g/mol. The molecule has 2 unspecified atom stereocenters. The van der Waals surface area contributed by atoms with Crippen molar-refractivity contribution >= 4 is 132 Å². The molecule has 2 aliphatic rings. The third kappa shape index (κ3) is 5.23. The fraction of sp³-hybridized carbons (Fsp3) is 0.0588. The summed E-state index contributed by atoms with van der Waals surface area (Å²) in [5.74, 6) is 1.12. The van der Waals surface area contributed by atoms with E-state index in [2.05, 4.69) is 245 Å². The molecule has 348 valence electrons. The fourth-order valence-corrected chi connectivity index (χ4v) is 13.3. The third-order valence-electron chi connectivity index (χ3n) is 16.4. The number of nitrogens with zero attached hydrogens (tertiary/aromatic N) is 4. The maximum atomic E-state index is 6.91. The SMILES string of the molecule is Cc1cccc(N(c2cccc3c2OC2C=CC=CC32)c2ccc3c4cc5c(cc4n4c6ccccc6c2c34)c2ccc(N(c3cccc(C)c3)c3cccc4c3oc3ccccc34)c3c4ccccc4n5c23)c1. The highest BCUT2D eigenvalue weighted by atomic mass is 16.5. The van der Waals surface area contributed by atoms with Gasteiger partial charge in [0, 0.05) is 76.7 Å². The first-order valence-corrected chi connectivity index (χ1v) is 25.7. The summed E-state index contributed by atoms with van der Waals surface area (Å²) < 4.78 is 18.8. The second kappa shape index (κ2) is 14.6. The molecule has 15 aromatic rings. The lowest BCUT2D eigenvalue weighted by atomic mass is 9.91. The molecule has 6 heteroatoms. The van der Waals surface area contributed by atoms with Crippen molar-refractivity contribution in [2.75, 3.05) is 9.80 Å². The number of furan rings is 1. The van der Waals surface area contributed by atoms with Crippen LogP contribution in [-0.4, -0.2) is 14.9 Å². The predicted molar refractivity (Wildman–Crippen MR) is 307 cm³/mol. The molecule has 2 atom stereocenters. The Morgan fingerprint density at radius 1 is 0.405 bits per heavy atom. The molecule has 10 aromatic carbocycles. The number of aryl methyl sites for hydroxylation is 2. The van der Waals surface area contributed by atoms with Crippen molar-refractivity contribution in [3.8, 4) is 5.75 Å². The monoisotopic (exact) mass is 948 g/mol. The number of benzene rings is 10. The molecule has 0 N–H and O–H groups in total. The van der Waals surface area contributed by atoms with Gasteiger partial charge in [0.15, 0.2) is 5.58 Å². The molecule has 0 saturated heterocycles. The Kier molecular flexibility index (Phi) is 7.89. The van der Waals surface area contributed by atoms with Crippen LogP contribution < -0.4 is 14.5 Å². The molecular weight excluding hydrogens is 905 g/mol. The number of allylic oxidation sites excluding steroid dienone is 2. The normalized spacial score (nSPS) is 15.4. The summed E-state index contributed by atoms with van der Waals surface area (Å²) in [5.41, 5.74) is 19.0. The van der Waals surface area contributed by atoms with Crippen LogP contribution in [0.1, 0.15) is 22.6 Å². The molecular formula is C68H44N4O2. The van der Waals surface area contributed by atoms with Crippen LogP contribution in [0.2, 0.25) is 0 Å². The molecule has 0 fully saturated rings. The van der Waals surface area contributed by atoms with Crippen LogP contribution in [0.25, 0.3) is 98.1 Å². The smallest absolute Gasteiger partial charge is 0.159 e. The van der Waals surface area contributed by atoms with Crippen LogP contribution in [0, 0.1) is 13.8 Å². The van der Waals surface area contributed by atoms with E-state index >= 15 is 0 Å². The third-order valence-corrected chi connectivity index (χ3v) is 16.4. The first-order chi connectivity index (χ1) is 36.6. The number of anilines is 6. The zero-order chi connectivity index (χ0) is 48.5. The van der Waals surface area contributed by atoms with Gasteiger partial charge in [-0.25, -0.2) is 0 Å². The fourth-order valence-electron chi connectivity index (χ4n) is 13.3. The maximum absolute atomic E-state index is 6.91.